The molecular formula is C21H24N4OS. The van der Waals surface area contributed by atoms with Crippen LogP contribution in [0.5, 0.6) is 0 Å². The summed E-state index contributed by atoms with van der Waals surface area (Å²) >= 11 is 1.59. The Kier molecular flexibility index (Phi) is 5.07. The van der Waals surface area contributed by atoms with Gasteiger partial charge in [0.2, 0.25) is 0 Å². The first-order chi connectivity index (χ1) is 13.2. The van der Waals surface area contributed by atoms with Crippen LogP contribution in [0, 0.1) is 0 Å². The van der Waals surface area contributed by atoms with Crippen LogP contribution in [-0.4, -0.2) is 38.7 Å². The van der Waals surface area contributed by atoms with Crippen LogP contribution in [0.2, 0.25) is 0 Å². The van der Waals surface area contributed by atoms with Gasteiger partial charge in [-0.15, -0.1) is 11.3 Å². The van der Waals surface area contributed by atoms with Gasteiger partial charge >= 0.3 is 0 Å². The van der Waals surface area contributed by atoms with Crippen LogP contribution in [0.15, 0.2) is 35.7 Å². The maximum absolute atomic E-state index is 12.9. The van der Waals surface area contributed by atoms with Gasteiger partial charge in [0.25, 0.3) is 5.91 Å². The Morgan fingerprint density at radius 1 is 1.19 bits per heavy atom. The molecule has 3 aromatic rings. The Labute approximate surface area is 163 Å². The first-order valence-corrected chi connectivity index (χ1v) is 10.4. The van der Waals surface area contributed by atoms with E-state index in [0.29, 0.717) is 18.8 Å². The molecule has 3 heterocycles. The van der Waals surface area contributed by atoms with Gasteiger partial charge in [0.05, 0.1) is 10.7 Å². The number of nitrogens with zero attached hydrogens (tertiary/aromatic N) is 4. The van der Waals surface area contributed by atoms with Crippen LogP contribution in [0.3, 0.4) is 0 Å². The second-order valence-electron chi connectivity index (χ2n) is 6.93. The molecule has 0 unspecified atom stereocenters. The van der Waals surface area contributed by atoms with Crippen molar-refractivity contribution in [2.45, 2.75) is 32.6 Å². The van der Waals surface area contributed by atoms with Crippen molar-refractivity contribution in [3.63, 3.8) is 0 Å². The van der Waals surface area contributed by atoms with Crippen molar-refractivity contribution in [1.82, 2.24) is 19.7 Å². The zero-order chi connectivity index (χ0) is 18.8. The molecule has 1 aliphatic rings. The molecule has 0 saturated carbocycles. The summed E-state index contributed by atoms with van der Waals surface area (Å²) in [7, 11) is 2.00. The van der Waals surface area contributed by atoms with Gasteiger partial charge in [0, 0.05) is 48.8 Å². The van der Waals surface area contributed by atoms with Crippen LogP contribution in [0.4, 0.5) is 0 Å². The maximum atomic E-state index is 12.9. The summed E-state index contributed by atoms with van der Waals surface area (Å²) in [5, 5.41) is 7.71. The lowest BCUT2D eigenvalue weighted by molar-refractivity contribution is 0.0757. The summed E-state index contributed by atoms with van der Waals surface area (Å²) in [6, 6.07) is 10.3. The standard InChI is InChI=1S/C21H24N4OS/c1-3-7-19-22-17(14-27-19)21(26)25-12-10-16-18(11-13-25)24(2)23-20(16)15-8-5-4-6-9-15/h4-6,8-9,14H,3,7,10-13H2,1-2H3. The van der Waals surface area contributed by atoms with Crippen LogP contribution in [0.1, 0.15) is 40.1 Å². The third-order valence-corrected chi connectivity index (χ3v) is 6.00. The molecule has 4 rings (SSSR count). The molecule has 0 spiro atoms. The normalized spacial score (nSPS) is 14.1. The largest absolute Gasteiger partial charge is 0.337 e. The molecule has 2 aromatic heterocycles. The lowest BCUT2D eigenvalue weighted by Gasteiger charge is -2.19. The summed E-state index contributed by atoms with van der Waals surface area (Å²) in [5.41, 5.74) is 5.27. The number of amides is 1. The second-order valence-corrected chi connectivity index (χ2v) is 7.87. The number of carbonyl (C=O) groups excluding carboxylic acids is 1. The average Bonchev–Trinajstić information content (AvgIpc) is 3.20. The number of aromatic nitrogens is 3. The van der Waals surface area contributed by atoms with Crippen molar-refractivity contribution in [3.05, 3.63) is 57.7 Å². The summed E-state index contributed by atoms with van der Waals surface area (Å²) in [5.74, 6) is 0.0515. The molecule has 0 aliphatic carbocycles. The van der Waals surface area contributed by atoms with Gasteiger partial charge in [-0.05, 0) is 19.3 Å². The molecule has 0 radical (unpaired) electrons. The summed E-state index contributed by atoms with van der Waals surface area (Å²) in [4.78, 5) is 19.4. The molecule has 0 atom stereocenters. The quantitative estimate of drug-likeness (QED) is 0.693. The SMILES string of the molecule is CCCc1nc(C(=O)N2CCc3c(-c4ccccc4)nn(C)c3CC2)cs1. The zero-order valence-corrected chi connectivity index (χ0v) is 16.6. The predicted octanol–water partition coefficient (Wildman–Crippen LogP) is 3.74. The van der Waals surface area contributed by atoms with Crippen molar-refractivity contribution >= 4 is 17.2 Å². The first-order valence-electron chi connectivity index (χ1n) is 9.51. The molecule has 140 valence electrons. The first kappa shape index (κ1) is 17.9. The van der Waals surface area contributed by atoms with E-state index in [0.717, 1.165) is 41.9 Å². The lowest BCUT2D eigenvalue weighted by Crippen LogP contribution is -2.33. The zero-order valence-electron chi connectivity index (χ0n) is 15.8. The highest BCUT2D eigenvalue weighted by molar-refractivity contribution is 7.09. The maximum Gasteiger partial charge on any atom is 0.273 e. The van der Waals surface area contributed by atoms with Gasteiger partial charge in [-0.3, -0.25) is 9.48 Å². The number of aryl methyl sites for hydroxylation is 2. The van der Waals surface area contributed by atoms with Gasteiger partial charge in [-0.25, -0.2) is 4.98 Å². The van der Waals surface area contributed by atoms with Gasteiger partial charge < -0.3 is 4.90 Å². The van der Waals surface area contributed by atoms with E-state index in [1.54, 1.807) is 11.3 Å². The molecule has 1 aliphatic heterocycles. The summed E-state index contributed by atoms with van der Waals surface area (Å²) < 4.78 is 1.98. The van der Waals surface area contributed by atoms with E-state index in [2.05, 4.69) is 24.0 Å². The van der Waals surface area contributed by atoms with E-state index in [9.17, 15) is 4.79 Å². The fourth-order valence-corrected chi connectivity index (χ4v) is 4.58. The van der Waals surface area contributed by atoms with Crippen LogP contribution >= 0.6 is 11.3 Å². The predicted molar refractivity (Wildman–Crippen MR) is 108 cm³/mol. The Morgan fingerprint density at radius 2 is 1.96 bits per heavy atom. The van der Waals surface area contributed by atoms with E-state index in [4.69, 9.17) is 5.10 Å². The monoisotopic (exact) mass is 380 g/mol. The fraction of sp³-hybridized carbons (Fsp3) is 0.381. The van der Waals surface area contributed by atoms with E-state index in [1.165, 1.54) is 11.3 Å². The number of rotatable bonds is 4. The molecule has 27 heavy (non-hydrogen) atoms. The molecule has 1 amide bonds. The van der Waals surface area contributed by atoms with Gasteiger partial charge in [0.1, 0.15) is 5.69 Å². The Morgan fingerprint density at radius 3 is 2.74 bits per heavy atom. The van der Waals surface area contributed by atoms with Crippen molar-refractivity contribution in [2.24, 2.45) is 7.05 Å². The second kappa shape index (κ2) is 7.64. The van der Waals surface area contributed by atoms with Crippen molar-refractivity contribution in [1.29, 1.82) is 0 Å². The Balaban J connectivity index is 1.55. The number of benzene rings is 1. The van der Waals surface area contributed by atoms with E-state index in [-0.39, 0.29) is 5.91 Å². The number of fused-ring (bicyclic) bond motifs is 1. The third kappa shape index (κ3) is 3.54. The average molecular weight is 381 g/mol. The van der Waals surface area contributed by atoms with Gasteiger partial charge in [0.15, 0.2) is 0 Å². The van der Waals surface area contributed by atoms with Crippen LogP contribution < -0.4 is 0 Å². The summed E-state index contributed by atoms with van der Waals surface area (Å²) in [6.45, 7) is 3.55. The Hall–Kier alpha value is -2.47. The number of hydrogen-bond donors (Lipinski definition) is 0. The molecule has 1 aromatic carbocycles. The smallest absolute Gasteiger partial charge is 0.273 e. The van der Waals surface area contributed by atoms with Crippen molar-refractivity contribution in [3.8, 4) is 11.3 Å². The molecule has 0 N–H and O–H groups in total. The molecular weight excluding hydrogens is 356 g/mol. The topological polar surface area (TPSA) is 51.0 Å². The highest BCUT2D eigenvalue weighted by Crippen LogP contribution is 2.28. The van der Waals surface area contributed by atoms with E-state index >= 15 is 0 Å². The van der Waals surface area contributed by atoms with Crippen LogP contribution in [-0.2, 0) is 26.3 Å². The van der Waals surface area contributed by atoms with Crippen LogP contribution in [0.25, 0.3) is 11.3 Å². The number of hydrogen-bond acceptors (Lipinski definition) is 4. The van der Waals surface area contributed by atoms with Crippen molar-refractivity contribution < 1.29 is 4.79 Å². The minimum atomic E-state index is 0.0515. The summed E-state index contributed by atoms with van der Waals surface area (Å²) in [6.07, 6.45) is 3.64. The number of thiazole rings is 1. The van der Waals surface area contributed by atoms with Crippen molar-refractivity contribution in [2.75, 3.05) is 13.1 Å². The minimum Gasteiger partial charge on any atom is -0.337 e. The molecule has 6 heteroatoms. The van der Waals surface area contributed by atoms with Gasteiger partial charge in [-0.1, -0.05) is 37.3 Å². The molecule has 0 bridgehead atoms. The molecule has 0 fully saturated rings. The lowest BCUT2D eigenvalue weighted by atomic mass is 10.0. The van der Waals surface area contributed by atoms with E-state index < -0.39 is 0 Å². The Bertz CT molecular complexity index is 945. The fourth-order valence-electron chi connectivity index (χ4n) is 3.71. The minimum absolute atomic E-state index is 0.0515. The highest BCUT2D eigenvalue weighted by Gasteiger charge is 2.26. The molecule has 0 saturated heterocycles. The third-order valence-electron chi connectivity index (χ3n) is 5.09. The van der Waals surface area contributed by atoms with E-state index in [1.807, 2.05) is 40.2 Å². The highest BCUT2D eigenvalue weighted by atomic mass is 32.1. The van der Waals surface area contributed by atoms with Gasteiger partial charge in [-0.2, -0.15) is 5.10 Å². The molecule has 5 nitrogen and oxygen atoms in total. The number of carbonyl (C=O) groups is 1.